The van der Waals surface area contributed by atoms with Crippen molar-refractivity contribution in [1.29, 1.82) is 0 Å². The predicted octanol–water partition coefficient (Wildman–Crippen LogP) is 1.79. The summed E-state index contributed by atoms with van der Waals surface area (Å²) in [6, 6.07) is 3.23. The van der Waals surface area contributed by atoms with Gasteiger partial charge in [-0.05, 0) is 13.0 Å². The van der Waals surface area contributed by atoms with E-state index in [2.05, 4.69) is 4.98 Å². The molecule has 0 amide bonds. The number of nitro groups is 1. The maximum atomic E-state index is 10.6. The molecule has 1 heterocycles. The smallest absolute Gasteiger partial charge is 0.274 e. The number of fused-ring (bicyclic) bond motifs is 1. The Labute approximate surface area is 80.1 Å². The van der Waals surface area contributed by atoms with Gasteiger partial charge < -0.3 is 4.57 Å². The zero-order valence-electron chi connectivity index (χ0n) is 7.89. The highest BCUT2D eigenvalue weighted by atomic mass is 16.6. The fourth-order valence-corrected chi connectivity index (χ4v) is 1.53. The van der Waals surface area contributed by atoms with E-state index in [0.29, 0.717) is 11.1 Å². The van der Waals surface area contributed by atoms with Crippen LogP contribution in [0.3, 0.4) is 0 Å². The Bertz CT molecular complexity index is 516. The summed E-state index contributed by atoms with van der Waals surface area (Å²) in [6.07, 6.45) is 1.65. The Balaban J connectivity index is 2.82. The summed E-state index contributed by atoms with van der Waals surface area (Å²) in [4.78, 5) is 14.4. The molecule has 0 saturated heterocycles. The van der Waals surface area contributed by atoms with Crippen LogP contribution in [0.2, 0.25) is 0 Å². The lowest BCUT2D eigenvalue weighted by Crippen LogP contribution is -1.92. The zero-order chi connectivity index (χ0) is 10.3. The maximum absolute atomic E-state index is 10.6. The van der Waals surface area contributed by atoms with E-state index < -0.39 is 0 Å². The number of rotatable bonds is 1. The molecule has 5 heteroatoms. The maximum Gasteiger partial charge on any atom is 0.274 e. The molecule has 72 valence electrons. The molecule has 0 fully saturated rings. The number of imidazole rings is 1. The summed E-state index contributed by atoms with van der Waals surface area (Å²) in [6.45, 7) is 1.72. The Kier molecular flexibility index (Phi) is 1.73. The summed E-state index contributed by atoms with van der Waals surface area (Å²) in [5.41, 5.74) is 2.35. The summed E-state index contributed by atoms with van der Waals surface area (Å²) in [7, 11) is 1.86. The number of aromatic nitrogens is 2. The van der Waals surface area contributed by atoms with Gasteiger partial charge in [-0.25, -0.2) is 4.98 Å². The molecule has 0 aliphatic rings. The van der Waals surface area contributed by atoms with Crippen LogP contribution < -0.4 is 0 Å². The molecule has 0 aliphatic carbocycles. The molecule has 0 N–H and O–H groups in total. The van der Waals surface area contributed by atoms with Crippen LogP contribution in [0.1, 0.15) is 5.56 Å². The highest BCUT2D eigenvalue weighted by Crippen LogP contribution is 2.25. The summed E-state index contributed by atoms with van der Waals surface area (Å²) < 4.78 is 1.84. The molecule has 0 bridgehead atoms. The molecule has 2 rings (SSSR count). The monoisotopic (exact) mass is 191 g/mol. The van der Waals surface area contributed by atoms with Gasteiger partial charge in [-0.2, -0.15) is 0 Å². The highest BCUT2D eigenvalue weighted by Gasteiger charge is 2.14. The molecule has 1 aromatic heterocycles. The van der Waals surface area contributed by atoms with E-state index in [0.717, 1.165) is 5.52 Å². The molecule has 14 heavy (non-hydrogen) atoms. The highest BCUT2D eigenvalue weighted by molar-refractivity contribution is 5.82. The number of nitrogens with zero attached hydrogens (tertiary/aromatic N) is 3. The van der Waals surface area contributed by atoms with Crippen molar-refractivity contribution in [2.24, 2.45) is 7.05 Å². The van der Waals surface area contributed by atoms with Crippen LogP contribution in [-0.2, 0) is 7.05 Å². The molecule has 0 aliphatic heterocycles. The van der Waals surface area contributed by atoms with Gasteiger partial charge in [0.2, 0.25) is 0 Å². The molecular weight excluding hydrogens is 182 g/mol. The topological polar surface area (TPSA) is 61.0 Å². The van der Waals surface area contributed by atoms with Crippen molar-refractivity contribution in [3.8, 4) is 0 Å². The minimum absolute atomic E-state index is 0.121. The lowest BCUT2D eigenvalue weighted by molar-refractivity contribution is -0.385. The molecule has 0 radical (unpaired) electrons. The minimum Gasteiger partial charge on any atom is -0.334 e. The number of hydrogen-bond donors (Lipinski definition) is 0. The van der Waals surface area contributed by atoms with Gasteiger partial charge in [-0.3, -0.25) is 10.1 Å². The van der Waals surface area contributed by atoms with Crippen molar-refractivity contribution in [3.05, 3.63) is 34.1 Å². The third kappa shape index (κ3) is 1.06. The van der Waals surface area contributed by atoms with Crippen molar-refractivity contribution >= 4 is 16.7 Å². The average Bonchev–Trinajstić information content (AvgIpc) is 2.49. The predicted molar refractivity (Wildman–Crippen MR) is 52.1 cm³/mol. The van der Waals surface area contributed by atoms with Crippen molar-refractivity contribution in [1.82, 2.24) is 9.55 Å². The number of aryl methyl sites for hydroxylation is 2. The van der Waals surface area contributed by atoms with E-state index in [-0.39, 0.29) is 10.6 Å². The molecule has 0 spiro atoms. The lowest BCUT2D eigenvalue weighted by Gasteiger charge is -1.98. The minimum atomic E-state index is -0.385. The fourth-order valence-electron chi connectivity index (χ4n) is 1.53. The van der Waals surface area contributed by atoms with Gasteiger partial charge in [-0.15, -0.1) is 0 Å². The molecule has 5 nitrogen and oxygen atoms in total. The molecular formula is C9H9N3O2. The lowest BCUT2D eigenvalue weighted by atomic mass is 10.1. The van der Waals surface area contributed by atoms with Gasteiger partial charge in [0.05, 0.1) is 27.8 Å². The first-order chi connectivity index (χ1) is 6.61. The van der Waals surface area contributed by atoms with Gasteiger partial charge in [0, 0.05) is 13.1 Å². The van der Waals surface area contributed by atoms with Crippen LogP contribution in [0.15, 0.2) is 18.5 Å². The molecule has 2 aromatic rings. The van der Waals surface area contributed by atoms with Crippen LogP contribution >= 0.6 is 0 Å². The normalized spacial score (nSPS) is 10.7. The third-order valence-corrected chi connectivity index (χ3v) is 2.32. The summed E-state index contributed by atoms with van der Waals surface area (Å²) in [5.74, 6) is 0. The first kappa shape index (κ1) is 8.68. The molecule has 0 atom stereocenters. The van der Waals surface area contributed by atoms with E-state index in [1.54, 1.807) is 19.3 Å². The van der Waals surface area contributed by atoms with Crippen molar-refractivity contribution in [3.63, 3.8) is 0 Å². The Hall–Kier alpha value is -1.91. The van der Waals surface area contributed by atoms with E-state index in [4.69, 9.17) is 0 Å². The van der Waals surface area contributed by atoms with E-state index in [1.807, 2.05) is 11.6 Å². The molecule has 0 unspecified atom stereocenters. The van der Waals surface area contributed by atoms with Gasteiger partial charge >= 0.3 is 0 Å². The quantitative estimate of drug-likeness (QED) is 0.510. The van der Waals surface area contributed by atoms with Gasteiger partial charge in [0.1, 0.15) is 0 Å². The van der Waals surface area contributed by atoms with Crippen LogP contribution in [0.4, 0.5) is 5.69 Å². The zero-order valence-corrected chi connectivity index (χ0v) is 7.89. The van der Waals surface area contributed by atoms with Crippen molar-refractivity contribution in [2.45, 2.75) is 6.92 Å². The SMILES string of the molecule is Cc1c([N+](=O)[O-])ccc2c1ncn2C. The van der Waals surface area contributed by atoms with Gasteiger partial charge in [-0.1, -0.05) is 0 Å². The second-order valence-electron chi connectivity index (χ2n) is 3.19. The van der Waals surface area contributed by atoms with Crippen LogP contribution in [0, 0.1) is 17.0 Å². The molecule has 0 saturated carbocycles. The molecule has 1 aromatic carbocycles. The van der Waals surface area contributed by atoms with Crippen molar-refractivity contribution in [2.75, 3.05) is 0 Å². The van der Waals surface area contributed by atoms with E-state index in [1.165, 1.54) is 6.07 Å². The fraction of sp³-hybridized carbons (Fsp3) is 0.222. The third-order valence-electron chi connectivity index (χ3n) is 2.32. The average molecular weight is 191 g/mol. The van der Waals surface area contributed by atoms with E-state index in [9.17, 15) is 10.1 Å². The van der Waals surface area contributed by atoms with Crippen LogP contribution in [-0.4, -0.2) is 14.5 Å². The Morgan fingerprint density at radius 3 is 2.86 bits per heavy atom. The Morgan fingerprint density at radius 1 is 1.50 bits per heavy atom. The number of benzene rings is 1. The van der Waals surface area contributed by atoms with Crippen molar-refractivity contribution < 1.29 is 4.92 Å². The number of hydrogen-bond acceptors (Lipinski definition) is 3. The van der Waals surface area contributed by atoms with Crippen LogP contribution in [0.25, 0.3) is 11.0 Å². The van der Waals surface area contributed by atoms with Gasteiger partial charge in [0.15, 0.2) is 0 Å². The first-order valence-corrected chi connectivity index (χ1v) is 4.16. The van der Waals surface area contributed by atoms with Gasteiger partial charge in [0.25, 0.3) is 5.69 Å². The Morgan fingerprint density at radius 2 is 2.21 bits per heavy atom. The van der Waals surface area contributed by atoms with Crippen LogP contribution in [0.5, 0.6) is 0 Å². The largest absolute Gasteiger partial charge is 0.334 e. The second-order valence-corrected chi connectivity index (χ2v) is 3.19. The first-order valence-electron chi connectivity index (χ1n) is 4.16. The summed E-state index contributed by atoms with van der Waals surface area (Å²) >= 11 is 0. The standard InChI is InChI=1S/C9H9N3O2/c1-6-7(12(13)14)3-4-8-9(6)10-5-11(8)2/h3-5H,1-2H3. The summed E-state index contributed by atoms with van der Waals surface area (Å²) in [5, 5.41) is 10.6. The van der Waals surface area contributed by atoms with E-state index >= 15 is 0 Å². The number of nitro benzene ring substituents is 1. The second kappa shape index (κ2) is 2.80.